The van der Waals surface area contributed by atoms with Gasteiger partial charge in [0.25, 0.3) is 0 Å². The molecule has 0 bridgehead atoms. The summed E-state index contributed by atoms with van der Waals surface area (Å²) in [6.07, 6.45) is 2.62. The molecule has 2 aliphatic heterocycles. The third kappa shape index (κ3) is 3.34. The summed E-state index contributed by atoms with van der Waals surface area (Å²) in [6.45, 7) is 5.95. The van der Waals surface area contributed by atoms with Crippen molar-refractivity contribution in [1.82, 2.24) is 4.57 Å². The van der Waals surface area contributed by atoms with Crippen molar-refractivity contribution >= 4 is 23.8 Å². The summed E-state index contributed by atoms with van der Waals surface area (Å²) in [7, 11) is 0. The fourth-order valence-corrected chi connectivity index (χ4v) is 3.61. The fraction of sp³-hybridized carbons (Fsp3) is 0.500. The minimum absolute atomic E-state index is 0.0422. The number of ether oxygens (including phenoxy) is 3. The Morgan fingerprint density at radius 2 is 2.04 bits per heavy atom. The molecule has 0 aromatic carbocycles. The van der Waals surface area contributed by atoms with Crippen molar-refractivity contribution in [3.8, 4) is 0 Å². The molecule has 2 aliphatic rings. The van der Waals surface area contributed by atoms with E-state index in [4.69, 9.17) is 14.2 Å². The summed E-state index contributed by atoms with van der Waals surface area (Å²) in [5.41, 5.74) is -0.169. The zero-order valence-corrected chi connectivity index (χ0v) is 16.3. The lowest BCUT2D eigenvalue weighted by atomic mass is 9.85. The first-order valence-electron chi connectivity index (χ1n) is 9.13. The van der Waals surface area contributed by atoms with Gasteiger partial charge in [-0.15, -0.1) is 0 Å². The average Bonchev–Trinajstić information content (AvgIpc) is 3.17. The van der Waals surface area contributed by atoms with E-state index >= 15 is 0 Å². The smallest absolute Gasteiger partial charge is 0.350 e. The SMILES string of the molecule is C/C=C1/C[C@H](C)[C@](C)(OC(C)=O)C(=O)OCc2ccn3c2[C@H](CC3=O)OC1=O. The lowest BCUT2D eigenvalue weighted by Crippen LogP contribution is -2.47. The monoisotopic (exact) mass is 389 g/mol. The highest BCUT2D eigenvalue weighted by molar-refractivity contribution is 5.91. The van der Waals surface area contributed by atoms with E-state index in [0.29, 0.717) is 16.8 Å². The Morgan fingerprint density at radius 3 is 2.68 bits per heavy atom. The molecule has 3 heterocycles. The molecule has 0 fully saturated rings. The highest BCUT2D eigenvalue weighted by atomic mass is 16.6. The molecule has 150 valence electrons. The Bertz CT molecular complexity index is 881. The van der Waals surface area contributed by atoms with E-state index in [9.17, 15) is 19.2 Å². The Labute approximate surface area is 162 Å². The number of hydrogen-bond donors (Lipinski definition) is 0. The van der Waals surface area contributed by atoms with Crippen LogP contribution in [0.15, 0.2) is 23.9 Å². The third-order valence-corrected chi connectivity index (χ3v) is 5.39. The van der Waals surface area contributed by atoms with Crippen LogP contribution in [-0.4, -0.2) is 34.0 Å². The highest BCUT2D eigenvalue weighted by Crippen LogP contribution is 2.36. The van der Waals surface area contributed by atoms with Gasteiger partial charge in [0.15, 0.2) is 6.10 Å². The van der Waals surface area contributed by atoms with Crippen molar-refractivity contribution in [3.05, 3.63) is 35.2 Å². The van der Waals surface area contributed by atoms with Crippen LogP contribution in [0.3, 0.4) is 0 Å². The number of allylic oxidation sites excluding steroid dienone is 1. The summed E-state index contributed by atoms with van der Waals surface area (Å²) in [5.74, 6) is -2.64. The first-order chi connectivity index (χ1) is 13.2. The van der Waals surface area contributed by atoms with Gasteiger partial charge >= 0.3 is 17.9 Å². The van der Waals surface area contributed by atoms with Gasteiger partial charge in [0.1, 0.15) is 6.61 Å². The standard InChI is InChI=1S/C20H23NO7/c1-5-13-8-11(2)20(4,28-12(3)22)19(25)26-10-14-6-7-21-16(23)9-15(17(14)21)27-18(13)24/h5-7,11,15H,8-10H2,1-4H3/b13-5-/t11-,15-,20-/m0/s1. The second-order valence-corrected chi connectivity index (χ2v) is 7.28. The van der Waals surface area contributed by atoms with Crippen molar-refractivity contribution < 1.29 is 33.4 Å². The topological polar surface area (TPSA) is 101 Å². The number of hydrogen-bond acceptors (Lipinski definition) is 7. The van der Waals surface area contributed by atoms with E-state index in [-0.39, 0.29) is 25.4 Å². The van der Waals surface area contributed by atoms with Gasteiger partial charge in [0.05, 0.1) is 12.1 Å². The molecule has 3 atom stereocenters. The van der Waals surface area contributed by atoms with Gasteiger partial charge in [-0.2, -0.15) is 0 Å². The number of esters is 3. The molecular formula is C20H23NO7. The number of carbonyl (C=O) groups excluding carboxylic acids is 4. The number of aromatic nitrogens is 1. The lowest BCUT2D eigenvalue weighted by Gasteiger charge is -2.33. The summed E-state index contributed by atoms with van der Waals surface area (Å²) in [6, 6.07) is 1.65. The molecule has 1 aromatic rings. The predicted octanol–water partition coefficient (Wildman–Crippen LogP) is 2.47. The molecule has 28 heavy (non-hydrogen) atoms. The van der Waals surface area contributed by atoms with Crippen molar-refractivity contribution in [1.29, 1.82) is 0 Å². The summed E-state index contributed by atoms with van der Waals surface area (Å²) >= 11 is 0. The van der Waals surface area contributed by atoms with Gasteiger partial charge in [-0.3, -0.25) is 14.2 Å². The van der Waals surface area contributed by atoms with Gasteiger partial charge in [-0.25, -0.2) is 9.59 Å². The maximum absolute atomic E-state index is 12.8. The van der Waals surface area contributed by atoms with Crippen LogP contribution in [0, 0.1) is 5.92 Å². The van der Waals surface area contributed by atoms with Crippen LogP contribution < -0.4 is 0 Å². The Kier molecular flexibility index (Phi) is 5.14. The van der Waals surface area contributed by atoms with Crippen molar-refractivity contribution in [2.24, 2.45) is 5.92 Å². The van der Waals surface area contributed by atoms with Gasteiger partial charge in [0.2, 0.25) is 11.5 Å². The first kappa shape index (κ1) is 19.9. The second kappa shape index (κ2) is 7.26. The molecule has 0 saturated heterocycles. The van der Waals surface area contributed by atoms with Crippen LogP contribution in [0.4, 0.5) is 0 Å². The minimum atomic E-state index is -1.57. The zero-order chi connectivity index (χ0) is 20.6. The van der Waals surface area contributed by atoms with E-state index in [1.54, 1.807) is 32.2 Å². The Morgan fingerprint density at radius 1 is 1.32 bits per heavy atom. The van der Waals surface area contributed by atoms with E-state index in [0.717, 1.165) is 0 Å². The normalized spacial score (nSPS) is 29.4. The molecule has 3 rings (SSSR count). The van der Waals surface area contributed by atoms with Crippen molar-refractivity contribution in [2.75, 3.05) is 0 Å². The molecule has 1 aromatic heterocycles. The van der Waals surface area contributed by atoms with Gasteiger partial charge in [-0.05, 0) is 26.3 Å². The quantitative estimate of drug-likeness (QED) is 0.413. The Hall–Kier alpha value is -2.90. The first-order valence-corrected chi connectivity index (χ1v) is 9.13. The number of rotatable bonds is 1. The summed E-state index contributed by atoms with van der Waals surface area (Å²) in [4.78, 5) is 49.4. The number of nitrogens with zero attached hydrogens (tertiary/aromatic N) is 1. The Balaban J connectivity index is 2.04. The van der Waals surface area contributed by atoms with Gasteiger partial charge in [0, 0.05) is 30.2 Å². The van der Waals surface area contributed by atoms with Crippen molar-refractivity contribution in [2.45, 2.75) is 58.8 Å². The molecule has 8 heteroatoms. The summed E-state index contributed by atoms with van der Waals surface area (Å²) in [5, 5.41) is 0. The van der Waals surface area contributed by atoms with Crippen LogP contribution in [0.2, 0.25) is 0 Å². The number of carbonyl (C=O) groups is 4. The van der Waals surface area contributed by atoms with Crippen LogP contribution in [0.25, 0.3) is 0 Å². The second-order valence-electron chi connectivity index (χ2n) is 7.28. The molecular weight excluding hydrogens is 366 g/mol. The molecule has 0 unspecified atom stereocenters. The van der Waals surface area contributed by atoms with Crippen LogP contribution >= 0.6 is 0 Å². The van der Waals surface area contributed by atoms with E-state index in [2.05, 4.69) is 0 Å². The molecule has 0 aliphatic carbocycles. The van der Waals surface area contributed by atoms with Crippen LogP contribution in [0.5, 0.6) is 0 Å². The number of cyclic esters (lactones) is 1. The maximum atomic E-state index is 12.8. The molecule has 0 amide bonds. The lowest BCUT2D eigenvalue weighted by molar-refractivity contribution is -0.187. The van der Waals surface area contributed by atoms with E-state index in [1.807, 2.05) is 0 Å². The van der Waals surface area contributed by atoms with E-state index < -0.39 is 35.5 Å². The molecule has 0 spiro atoms. The highest BCUT2D eigenvalue weighted by Gasteiger charge is 2.46. The molecule has 8 nitrogen and oxygen atoms in total. The molecule has 0 N–H and O–H groups in total. The predicted molar refractivity (Wildman–Crippen MR) is 96.0 cm³/mol. The zero-order valence-electron chi connectivity index (χ0n) is 16.3. The van der Waals surface area contributed by atoms with Gasteiger partial charge in [-0.1, -0.05) is 13.0 Å². The van der Waals surface area contributed by atoms with Crippen LogP contribution in [-0.2, 0) is 35.2 Å². The minimum Gasteiger partial charge on any atom is -0.458 e. The third-order valence-electron chi connectivity index (χ3n) is 5.39. The van der Waals surface area contributed by atoms with Crippen LogP contribution in [0.1, 0.15) is 62.7 Å². The average molecular weight is 389 g/mol. The van der Waals surface area contributed by atoms with Gasteiger partial charge < -0.3 is 14.2 Å². The maximum Gasteiger partial charge on any atom is 0.350 e. The largest absolute Gasteiger partial charge is 0.458 e. The molecule has 0 radical (unpaired) electrons. The van der Waals surface area contributed by atoms with E-state index in [1.165, 1.54) is 18.4 Å². The van der Waals surface area contributed by atoms with Crippen molar-refractivity contribution in [3.63, 3.8) is 0 Å². The fourth-order valence-electron chi connectivity index (χ4n) is 3.61. The molecule has 0 saturated carbocycles. The summed E-state index contributed by atoms with van der Waals surface area (Å²) < 4.78 is 17.8.